The Morgan fingerprint density at radius 1 is 0.595 bits per heavy atom. The Kier molecular flexibility index (Phi) is 13.2. The number of benzene rings is 2. The number of hydrogen-bond acceptors (Lipinski definition) is 2. The highest BCUT2D eigenvalue weighted by Crippen LogP contribution is 2.44. The molecule has 0 aromatic heterocycles. The van der Waals surface area contributed by atoms with Crippen molar-refractivity contribution in [1.29, 1.82) is 0 Å². The molecular formula is C35H54N2. The molecule has 2 unspecified atom stereocenters. The molecule has 3 rings (SSSR count). The molecular weight excluding hydrogens is 448 g/mol. The molecule has 0 bridgehead atoms. The van der Waals surface area contributed by atoms with Crippen molar-refractivity contribution < 1.29 is 0 Å². The fourth-order valence-electron chi connectivity index (χ4n) is 6.49. The van der Waals surface area contributed by atoms with Crippen LogP contribution in [0.25, 0.3) is 0 Å². The predicted molar refractivity (Wildman–Crippen MR) is 162 cm³/mol. The molecule has 0 aliphatic carbocycles. The third kappa shape index (κ3) is 8.39. The van der Waals surface area contributed by atoms with Gasteiger partial charge in [-0.25, -0.2) is 0 Å². The van der Waals surface area contributed by atoms with Crippen LogP contribution in [0.1, 0.15) is 121 Å². The number of rotatable bonds is 19. The van der Waals surface area contributed by atoms with Gasteiger partial charge in [-0.1, -0.05) is 145 Å². The lowest BCUT2D eigenvalue weighted by Crippen LogP contribution is -2.59. The summed E-state index contributed by atoms with van der Waals surface area (Å²) in [6, 6.07) is 22.4. The number of nitrogens with zero attached hydrogens (tertiary/aromatic N) is 2. The number of unbranched alkanes of at least 4 members (excludes halogenated alkanes) is 11. The molecule has 2 aromatic carbocycles. The van der Waals surface area contributed by atoms with Crippen molar-refractivity contribution in [2.75, 3.05) is 13.1 Å². The second-order valence-corrected chi connectivity index (χ2v) is 11.1. The van der Waals surface area contributed by atoms with E-state index in [2.05, 4.69) is 104 Å². The summed E-state index contributed by atoms with van der Waals surface area (Å²) in [6.07, 6.45) is 23.7. The van der Waals surface area contributed by atoms with Crippen LogP contribution in [0.4, 0.5) is 0 Å². The third-order valence-corrected chi connectivity index (χ3v) is 8.49. The average Bonchev–Trinajstić information content (AvgIpc) is 3.28. The monoisotopic (exact) mass is 502 g/mol. The first kappa shape index (κ1) is 29.3. The standard InChI is InChI=1S/C35H54N2/c1-4-7-8-9-10-11-12-13-14-15-16-23-28-37-30-29-36(6-3)35(37,31-32-24-19-17-20-25-32)34(5-2)33-26-21-18-22-27-33/h17-22,24-27,29-30,34H,4-16,23,28,31H2,1-3H3. The zero-order valence-corrected chi connectivity index (χ0v) is 24.2. The van der Waals surface area contributed by atoms with Crippen LogP contribution in [0.15, 0.2) is 73.1 Å². The van der Waals surface area contributed by atoms with E-state index in [0.717, 1.165) is 25.9 Å². The third-order valence-electron chi connectivity index (χ3n) is 8.49. The van der Waals surface area contributed by atoms with Crippen molar-refractivity contribution in [3.8, 4) is 0 Å². The molecule has 0 saturated heterocycles. The topological polar surface area (TPSA) is 6.48 Å². The Morgan fingerprint density at radius 2 is 1.11 bits per heavy atom. The van der Waals surface area contributed by atoms with E-state index in [1.807, 2.05) is 0 Å². The van der Waals surface area contributed by atoms with Crippen molar-refractivity contribution in [2.24, 2.45) is 0 Å². The molecule has 0 amide bonds. The summed E-state index contributed by atoms with van der Waals surface area (Å²) in [5.74, 6) is 0.446. The summed E-state index contributed by atoms with van der Waals surface area (Å²) in [5, 5.41) is 0. The zero-order chi connectivity index (χ0) is 26.2. The largest absolute Gasteiger partial charge is 0.353 e. The minimum atomic E-state index is -0.0516. The van der Waals surface area contributed by atoms with Gasteiger partial charge in [0.15, 0.2) is 0 Å². The van der Waals surface area contributed by atoms with Crippen LogP contribution in [0.3, 0.4) is 0 Å². The second-order valence-electron chi connectivity index (χ2n) is 11.1. The molecule has 0 saturated carbocycles. The first-order valence-electron chi connectivity index (χ1n) is 15.6. The normalized spacial score (nSPS) is 18.0. The van der Waals surface area contributed by atoms with E-state index < -0.39 is 0 Å². The molecule has 204 valence electrons. The van der Waals surface area contributed by atoms with Crippen LogP contribution in [0, 0.1) is 0 Å². The molecule has 2 atom stereocenters. The Bertz CT molecular complexity index is 861. The Morgan fingerprint density at radius 3 is 1.65 bits per heavy atom. The second kappa shape index (κ2) is 16.6. The lowest BCUT2D eigenvalue weighted by molar-refractivity contribution is -0.00000795. The van der Waals surface area contributed by atoms with Gasteiger partial charge in [-0.3, -0.25) is 0 Å². The van der Waals surface area contributed by atoms with Gasteiger partial charge >= 0.3 is 0 Å². The zero-order valence-electron chi connectivity index (χ0n) is 24.2. The molecule has 1 aliphatic heterocycles. The maximum atomic E-state index is 2.71. The lowest BCUT2D eigenvalue weighted by atomic mass is 9.78. The molecule has 1 heterocycles. The van der Waals surface area contributed by atoms with Crippen LogP contribution in [0.2, 0.25) is 0 Å². The van der Waals surface area contributed by atoms with E-state index in [9.17, 15) is 0 Å². The predicted octanol–water partition coefficient (Wildman–Crippen LogP) is 9.93. The number of hydrogen-bond donors (Lipinski definition) is 0. The molecule has 2 nitrogen and oxygen atoms in total. The van der Waals surface area contributed by atoms with E-state index >= 15 is 0 Å². The molecule has 0 radical (unpaired) electrons. The summed E-state index contributed by atoms with van der Waals surface area (Å²) in [4.78, 5) is 5.34. The van der Waals surface area contributed by atoms with Crippen molar-refractivity contribution >= 4 is 0 Å². The van der Waals surface area contributed by atoms with Gasteiger partial charge in [-0.05, 0) is 30.9 Å². The van der Waals surface area contributed by atoms with Crippen molar-refractivity contribution in [3.05, 3.63) is 84.2 Å². The molecule has 1 aliphatic rings. The van der Waals surface area contributed by atoms with E-state index in [-0.39, 0.29) is 5.66 Å². The van der Waals surface area contributed by atoms with Gasteiger partial charge < -0.3 is 9.80 Å². The number of likely N-dealkylation sites (N-methyl/N-ethyl adjacent to an activating group) is 1. The fraction of sp³-hybridized carbons (Fsp3) is 0.600. The van der Waals surface area contributed by atoms with E-state index in [0.29, 0.717) is 5.92 Å². The van der Waals surface area contributed by atoms with Crippen LogP contribution < -0.4 is 0 Å². The maximum Gasteiger partial charge on any atom is 0.123 e. The molecule has 2 aromatic rings. The van der Waals surface area contributed by atoms with Crippen molar-refractivity contribution in [1.82, 2.24) is 9.80 Å². The van der Waals surface area contributed by atoms with Gasteiger partial charge in [0.2, 0.25) is 0 Å². The Balaban J connectivity index is 1.60. The van der Waals surface area contributed by atoms with Crippen LogP contribution in [-0.2, 0) is 6.42 Å². The first-order valence-corrected chi connectivity index (χ1v) is 15.6. The molecule has 0 spiro atoms. The van der Waals surface area contributed by atoms with Gasteiger partial charge in [-0.15, -0.1) is 0 Å². The van der Waals surface area contributed by atoms with Gasteiger partial charge in [0, 0.05) is 37.8 Å². The minimum Gasteiger partial charge on any atom is -0.353 e. The van der Waals surface area contributed by atoms with Crippen molar-refractivity contribution in [2.45, 2.75) is 122 Å². The van der Waals surface area contributed by atoms with Gasteiger partial charge in [0.05, 0.1) is 0 Å². The minimum absolute atomic E-state index is 0.0516. The first-order chi connectivity index (χ1) is 18.3. The fourth-order valence-corrected chi connectivity index (χ4v) is 6.49. The quantitative estimate of drug-likeness (QED) is 0.176. The highest BCUT2D eigenvalue weighted by atomic mass is 15.4. The SMILES string of the molecule is CCCCCCCCCCCCCCN1C=CN(CC)C1(Cc1ccccc1)C(CC)c1ccccc1. The summed E-state index contributed by atoms with van der Waals surface area (Å²) in [5.41, 5.74) is 2.84. The highest BCUT2D eigenvalue weighted by molar-refractivity contribution is 5.30. The Labute approximate surface area is 229 Å². The smallest absolute Gasteiger partial charge is 0.123 e. The summed E-state index contributed by atoms with van der Waals surface area (Å²) < 4.78 is 0. The van der Waals surface area contributed by atoms with E-state index in [4.69, 9.17) is 0 Å². The van der Waals surface area contributed by atoms with Gasteiger partial charge in [0.25, 0.3) is 0 Å². The molecule has 2 heteroatoms. The van der Waals surface area contributed by atoms with Gasteiger partial charge in [-0.2, -0.15) is 0 Å². The van der Waals surface area contributed by atoms with Crippen LogP contribution in [-0.4, -0.2) is 28.6 Å². The van der Waals surface area contributed by atoms with Crippen molar-refractivity contribution in [3.63, 3.8) is 0 Å². The Hall–Kier alpha value is -2.22. The molecule has 0 fully saturated rings. The van der Waals surface area contributed by atoms with E-state index in [1.165, 1.54) is 88.2 Å². The maximum absolute atomic E-state index is 2.71. The summed E-state index contributed by atoms with van der Waals surface area (Å²) in [6.45, 7) is 9.16. The average molecular weight is 503 g/mol. The summed E-state index contributed by atoms with van der Waals surface area (Å²) in [7, 11) is 0. The summed E-state index contributed by atoms with van der Waals surface area (Å²) >= 11 is 0. The molecule has 0 N–H and O–H groups in total. The van der Waals surface area contributed by atoms with E-state index in [1.54, 1.807) is 0 Å². The lowest BCUT2D eigenvalue weighted by Gasteiger charge is -2.51. The molecule has 37 heavy (non-hydrogen) atoms. The highest BCUT2D eigenvalue weighted by Gasteiger charge is 2.48. The van der Waals surface area contributed by atoms with Crippen LogP contribution >= 0.6 is 0 Å². The van der Waals surface area contributed by atoms with Crippen LogP contribution in [0.5, 0.6) is 0 Å². The van der Waals surface area contributed by atoms with Gasteiger partial charge in [0.1, 0.15) is 5.66 Å².